The van der Waals surface area contributed by atoms with E-state index < -0.39 is 71.2 Å². The molecule has 0 aromatic carbocycles. The lowest BCUT2D eigenvalue weighted by atomic mass is 10.00. The van der Waals surface area contributed by atoms with Crippen LogP contribution in [0.25, 0.3) is 0 Å². The molecule has 312 valence electrons. The average Bonchev–Trinajstić information content (AvgIpc) is 3.12. The van der Waals surface area contributed by atoms with Crippen LogP contribution in [0, 0.1) is 0 Å². The van der Waals surface area contributed by atoms with Crippen LogP contribution in [0.3, 0.4) is 0 Å². The molecule has 0 radical (unpaired) electrons. The number of unbranched alkanes of at least 4 members (excludes halogenated alkanes) is 20. The minimum absolute atomic E-state index is 0.148. The van der Waals surface area contributed by atoms with Gasteiger partial charge in [0.1, 0.15) is 36.8 Å². The predicted molar refractivity (Wildman–Crippen MR) is 206 cm³/mol. The van der Waals surface area contributed by atoms with E-state index in [1.807, 2.05) is 0 Å². The molecule has 53 heavy (non-hydrogen) atoms. The van der Waals surface area contributed by atoms with E-state index in [9.17, 15) is 37.9 Å². The van der Waals surface area contributed by atoms with Crippen LogP contribution < -0.4 is 0 Å². The Kier molecular flexibility index (Phi) is 29.4. The summed E-state index contributed by atoms with van der Waals surface area (Å²) >= 11 is 0. The minimum atomic E-state index is -4.60. The van der Waals surface area contributed by atoms with Crippen molar-refractivity contribution in [2.24, 2.45) is 0 Å². The van der Waals surface area contributed by atoms with Gasteiger partial charge >= 0.3 is 11.9 Å². The molecule has 2 unspecified atom stereocenters. The molecule has 1 rings (SSSR count). The summed E-state index contributed by atoms with van der Waals surface area (Å²) in [7, 11) is -4.60. The van der Waals surface area contributed by atoms with Crippen LogP contribution in [0.1, 0.15) is 174 Å². The summed E-state index contributed by atoms with van der Waals surface area (Å²) in [6.45, 7) is 3.72. The smallest absolute Gasteiger partial charge is 0.306 e. The first-order chi connectivity index (χ1) is 25.5. The van der Waals surface area contributed by atoms with Gasteiger partial charge in [-0.25, -0.2) is 0 Å². The number of ether oxygens (including phenoxy) is 4. The molecule has 0 spiro atoms. The Balaban J connectivity index is 2.50. The fourth-order valence-corrected chi connectivity index (χ4v) is 7.01. The van der Waals surface area contributed by atoms with Crippen LogP contribution in [0.4, 0.5) is 0 Å². The van der Waals surface area contributed by atoms with Crippen molar-refractivity contribution in [3.05, 3.63) is 12.2 Å². The van der Waals surface area contributed by atoms with Crippen LogP contribution >= 0.6 is 0 Å². The fraction of sp³-hybridized carbons (Fsp3) is 0.900. The molecule has 0 aliphatic carbocycles. The second-order valence-electron chi connectivity index (χ2n) is 14.7. The van der Waals surface area contributed by atoms with Crippen molar-refractivity contribution in [3.63, 3.8) is 0 Å². The van der Waals surface area contributed by atoms with Crippen LogP contribution in [0.5, 0.6) is 0 Å². The maximum absolute atomic E-state index is 12.7. The molecule has 0 aromatic heterocycles. The van der Waals surface area contributed by atoms with Gasteiger partial charge in [0.2, 0.25) is 0 Å². The molecule has 12 nitrogen and oxygen atoms in total. The molecule has 1 saturated heterocycles. The zero-order valence-electron chi connectivity index (χ0n) is 32.9. The maximum atomic E-state index is 12.7. The number of carbonyl (C=O) groups excluding carboxylic acids is 2. The van der Waals surface area contributed by atoms with Gasteiger partial charge in [-0.2, -0.15) is 8.42 Å². The second kappa shape index (κ2) is 31.6. The largest absolute Gasteiger partial charge is 0.462 e. The molecule has 1 aliphatic heterocycles. The third kappa shape index (κ3) is 26.8. The van der Waals surface area contributed by atoms with E-state index in [4.69, 9.17) is 18.9 Å². The highest BCUT2D eigenvalue weighted by atomic mass is 32.2. The number of aliphatic hydroxyl groups excluding tert-OH is 3. The van der Waals surface area contributed by atoms with Gasteiger partial charge in [-0.05, 0) is 38.5 Å². The van der Waals surface area contributed by atoms with Crippen molar-refractivity contribution in [1.29, 1.82) is 0 Å². The Morgan fingerprint density at radius 1 is 0.623 bits per heavy atom. The molecule has 13 heteroatoms. The van der Waals surface area contributed by atoms with Gasteiger partial charge in [0, 0.05) is 12.8 Å². The minimum Gasteiger partial charge on any atom is -0.462 e. The molecule has 1 aliphatic rings. The van der Waals surface area contributed by atoms with E-state index in [-0.39, 0.29) is 19.4 Å². The predicted octanol–water partition coefficient (Wildman–Crippen LogP) is 7.50. The van der Waals surface area contributed by atoms with Crippen LogP contribution in [0.2, 0.25) is 0 Å². The van der Waals surface area contributed by atoms with Gasteiger partial charge in [-0.3, -0.25) is 14.1 Å². The van der Waals surface area contributed by atoms with Gasteiger partial charge in [0.25, 0.3) is 10.1 Å². The number of hydrogen-bond acceptors (Lipinski definition) is 11. The first-order valence-electron chi connectivity index (χ1n) is 20.7. The summed E-state index contributed by atoms with van der Waals surface area (Å²) in [6, 6.07) is 0. The molecular weight excluding hydrogens is 704 g/mol. The summed E-state index contributed by atoms with van der Waals surface area (Å²) in [5.41, 5.74) is 0. The summed E-state index contributed by atoms with van der Waals surface area (Å²) in [6.07, 6.45) is 21.3. The Labute approximate surface area is 320 Å². The van der Waals surface area contributed by atoms with E-state index in [0.717, 1.165) is 44.9 Å². The van der Waals surface area contributed by atoms with E-state index in [1.54, 1.807) is 0 Å². The highest BCUT2D eigenvalue weighted by Gasteiger charge is 2.46. The summed E-state index contributed by atoms with van der Waals surface area (Å²) in [5.74, 6) is -2.00. The molecule has 0 amide bonds. The lowest BCUT2D eigenvalue weighted by Crippen LogP contribution is -2.60. The van der Waals surface area contributed by atoms with Crippen molar-refractivity contribution >= 4 is 22.1 Å². The normalized spacial score (nSPS) is 21.2. The topological polar surface area (TPSA) is 186 Å². The van der Waals surface area contributed by atoms with Crippen LogP contribution in [-0.2, 0) is 38.7 Å². The number of rotatable bonds is 34. The molecule has 0 aromatic rings. The van der Waals surface area contributed by atoms with Gasteiger partial charge < -0.3 is 34.3 Å². The molecule has 6 atom stereocenters. The number of allylic oxidation sites excluding steroid dienone is 2. The molecule has 4 N–H and O–H groups in total. The SMILES string of the molecule is CCCCCCCCCC/C=C/CCCCCC(=O)O[C@H](COC(=O)CCCCCCCCCCCC)CO[C@H]1O[C@H](CS(=O)(=O)O)[C@@H](O)C(O)C1O. The molecule has 0 saturated carbocycles. The highest BCUT2D eigenvalue weighted by Crippen LogP contribution is 2.24. The highest BCUT2D eigenvalue weighted by molar-refractivity contribution is 7.85. The van der Waals surface area contributed by atoms with Gasteiger partial charge in [0.05, 0.1) is 6.61 Å². The Hall–Kier alpha value is -1.61. The van der Waals surface area contributed by atoms with Crippen LogP contribution in [-0.4, -0.2) is 96.0 Å². The van der Waals surface area contributed by atoms with Gasteiger partial charge in [-0.15, -0.1) is 0 Å². The Bertz CT molecular complexity index is 1050. The van der Waals surface area contributed by atoms with Gasteiger partial charge in [0.15, 0.2) is 12.4 Å². The van der Waals surface area contributed by atoms with E-state index in [1.165, 1.54) is 89.9 Å². The molecule has 0 bridgehead atoms. The summed E-state index contributed by atoms with van der Waals surface area (Å²) in [4.78, 5) is 25.2. The number of hydrogen-bond donors (Lipinski definition) is 4. The standard InChI is InChI=1S/C40H74O12S/c1-3-5-7-9-11-13-15-16-17-18-19-21-23-25-27-29-36(42)51-33(30-49-35(41)28-26-24-22-20-14-12-10-8-6-4-2)31-50-40-39(45)38(44)37(43)34(52-40)32-53(46,47)48/h18-19,33-34,37-40,43-45H,3-17,20-32H2,1-2H3,(H,46,47,48)/b19-18+/t33-,34-,37-,38?,39?,40+/m1/s1. The summed E-state index contributed by atoms with van der Waals surface area (Å²) < 4.78 is 53.8. The van der Waals surface area contributed by atoms with Crippen LogP contribution in [0.15, 0.2) is 12.2 Å². The number of carbonyl (C=O) groups is 2. The van der Waals surface area contributed by atoms with Crippen molar-refractivity contribution < 1.29 is 56.8 Å². The molecule has 1 heterocycles. The summed E-state index contributed by atoms with van der Waals surface area (Å²) in [5, 5.41) is 30.8. The van der Waals surface area contributed by atoms with Crippen molar-refractivity contribution in [2.45, 2.75) is 211 Å². The lowest BCUT2D eigenvalue weighted by Gasteiger charge is -2.40. The monoisotopic (exact) mass is 778 g/mol. The van der Waals surface area contributed by atoms with E-state index in [0.29, 0.717) is 12.8 Å². The average molecular weight is 779 g/mol. The third-order valence-electron chi connectivity index (χ3n) is 9.60. The Morgan fingerprint density at radius 2 is 1.08 bits per heavy atom. The van der Waals surface area contributed by atoms with Crippen molar-refractivity contribution in [1.82, 2.24) is 0 Å². The fourth-order valence-electron chi connectivity index (χ4n) is 6.32. The zero-order valence-corrected chi connectivity index (χ0v) is 33.7. The first kappa shape index (κ1) is 49.4. The number of aliphatic hydroxyl groups is 3. The maximum Gasteiger partial charge on any atom is 0.306 e. The van der Waals surface area contributed by atoms with Gasteiger partial charge in [-0.1, -0.05) is 135 Å². The Morgan fingerprint density at radius 3 is 1.58 bits per heavy atom. The zero-order chi connectivity index (χ0) is 39.2. The molecular formula is C40H74O12S. The first-order valence-corrected chi connectivity index (χ1v) is 22.4. The van der Waals surface area contributed by atoms with Crippen molar-refractivity contribution in [3.8, 4) is 0 Å². The molecule has 1 fully saturated rings. The van der Waals surface area contributed by atoms with Crippen molar-refractivity contribution in [2.75, 3.05) is 19.0 Å². The second-order valence-corrected chi connectivity index (χ2v) is 16.2. The lowest BCUT2D eigenvalue weighted by molar-refractivity contribution is -0.297. The number of esters is 2. The third-order valence-corrected chi connectivity index (χ3v) is 10.3. The van der Waals surface area contributed by atoms with E-state index >= 15 is 0 Å². The quantitative estimate of drug-likeness (QED) is 0.0219. The van der Waals surface area contributed by atoms with E-state index in [2.05, 4.69) is 26.0 Å².